The predicted octanol–water partition coefficient (Wildman–Crippen LogP) is 3.53. The standard InChI is InChI=1S/C19H16ClN3O4S/c1-21-19(22-12-4-7-14-15(8-12)27-10-26-14)28-16-9-17(24)23(18(16)25)13-5-2-11(20)3-6-13/h2-8,16H,9-10H2,1H3,(H,21,22). The van der Waals surface area contributed by atoms with E-state index in [1.54, 1.807) is 43.4 Å². The first-order valence-corrected chi connectivity index (χ1v) is 9.73. The number of carbonyl (C=O) groups is 2. The first kappa shape index (κ1) is 18.6. The second kappa shape index (κ2) is 7.73. The molecule has 9 heteroatoms. The van der Waals surface area contributed by atoms with Crippen LogP contribution < -0.4 is 19.7 Å². The minimum atomic E-state index is -0.552. The van der Waals surface area contributed by atoms with Gasteiger partial charge in [0.25, 0.3) is 0 Å². The second-order valence-corrected chi connectivity index (χ2v) is 7.70. The second-order valence-electron chi connectivity index (χ2n) is 6.08. The van der Waals surface area contributed by atoms with Gasteiger partial charge in [0.05, 0.1) is 5.69 Å². The first-order valence-electron chi connectivity index (χ1n) is 8.47. The summed E-state index contributed by atoms with van der Waals surface area (Å²) in [7, 11) is 1.63. The largest absolute Gasteiger partial charge is 0.454 e. The summed E-state index contributed by atoms with van der Waals surface area (Å²) in [5.74, 6) is 0.809. The number of rotatable bonds is 3. The Morgan fingerprint density at radius 3 is 2.68 bits per heavy atom. The van der Waals surface area contributed by atoms with Crippen molar-refractivity contribution in [1.29, 1.82) is 0 Å². The lowest BCUT2D eigenvalue weighted by atomic mass is 10.3. The fourth-order valence-electron chi connectivity index (χ4n) is 2.93. The number of anilines is 2. The molecule has 28 heavy (non-hydrogen) atoms. The van der Waals surface area contributed by atoms with Crippen LogP contribution in [0.25, 0.3) is 0 Å². The van der Waals surface area contributed by atoms with Crippen LogP contribution in [0.1, 0.15) is 6.42 Å². The highest BCUT2D eigenvalue weighted by atomic mass is 35.5. The fraction of sp³-hybridized carbons (Fsp3) is 0.211. The van der Waals surface area contributed by atoms with Crippen molar-refractivity contribution in [3.63, 3.8) is 0 Å². The number of ether oxygens (including phenoxy) is 2. The molecule has 2 aliphatic heterocycles. The van der Waals surface area contributed by atoms with E-state index in [2.05, 4.69) is 10.3 Å². The van der Waals surface area contributed by atoms with Crippen molar-refractivity contribution in [2.24, 2.45) is 4.99 Å². The van der Waals surface area contributed by atoms with E-state index in [9.17, 15) is 9.59 Å². The van der Waals surface area contributed by atoms with E-state index in [1.165, 1.54) is 16.7 Å². The number of nitrogens with zero attached hydrogens (tertiary/aromatic N) is 2. The molecule has 0 spiro atoms. The molecule has 1 atom stereocenters. The summed E-state index contributed by atoms with van der Waals surface area (Å²) in [5, 5.41) is 3.68. The summed E-state index contributed by atoms with van der Waals surface area (Å²) in [4.78, 5) is 30.6. The average Bonchev–Trinajstić information content (AvgIpc) is 3.26. The van der Waals surface area contributed by atoms with Crippen LogP contribution in [0.2, 0.25) is 5.02 Å². The minimum absolute atomic E-state index is 0.105. The third-order valence-corrected chi connectivity index (χ3v) is 5.68. The van der Waals surface area contributed by atoms with Crippen molar-refractivity contribution < 1.29 is 19.1 Å². The van der Waals surface area contributed by atoms with Gasteiger partial charge < -0.3 is 14.8 Å². The van der Waals surface area contributed by atoms with Crippen LogP contribution in [-0.2, 0) is 9.59 Å². The van der Waals surface area contributed by atoms with Crippen LogP contribution in [0.15, 0.2) is 47.5 Å². The molecule has 0 aliphatic carbocycles. The Labute approximate surface area is 170 Å². The van der Waals surface area contributed by atoms with Gasteiger partial charge in [0.15, 0.2) is 16.7 Å². The average molecular weight is 418 g/mol. The van der Waals surface area contributed by atoms with Gasteiger partial charge in [0.2, 0.25) is 18.6 Å². The zero-order chi connectivity index (χ0) is 19.7. The number of amidine groups is 1. The van der Waals surface area contributed by atoms with Crippen molar-refractivity contribution in [2.45, 2.75) is 11.7 Å². The zero-order valence-electron chi connectivity index (χ0n) is 14.8. The number of carbonyl (C=O) groups excluding carboxylic acids is 2. The molecule has 2 aliphatic rings. The number of amides is 2. The van der Waals surface area contributed by atoms with Crippen LogP contribution >= 0.6 is 23.4 Å². The minimum Gasteiger partial charge on any atom is -0.454 e. The van der Waals surface area contributed by atoms with Crippen molar-refractivity contribution in [3.05, 3.63) is 47.5 Å². The van der Waals surface area contributed by atoms with Gasteiger partial charge >= 0.3 is 0 Å². The molecule has 7 nitrogen and oxygen atoms in total. The Morgan fingerprint density at radius 2 is 1.93 bits per heavy atom. The lowest BCUT2D eigenvalue weighted by Crippen LogP contribution is -2.31. The fourth-order valence-corrected chi connectivity index (χ4v) is 4.04. The molecule has 1 fully saturated rings. The molecule has 2 aromatic rings. The highest BCUT2D eigenvalue weighted by Gasteiger charge is 2.40. The topological polar surface area (TPSA) is 80.2 Å². The number of fused-ring (bicyclic) bond motifs is 1. The molecule has 2 heterocycles. The van der Waals surface area contributed by atoms with Gasteiger partial charge in [-0.05, 0) is 36.4 Å². The van der Waals surface area contributed by atoms with E-state index in [-0.39, 0.29) is 25.0 Å². The summed E-state index contributed by atoms with van der Waals surface area (Å²) in [6, 6.07) is 12.1. The molecule has 0 aromatic heterocycles. The summed E-state index contributed by atoms with van der Waals surface area (Å²) < 4.78 is 10.7. The molecule has 1 unspecified atom stereocenters. The van der Waals surface area contributed by atoms with Crippen LogP contribution in [0, 0.1) is 0 Å². The van der Waals surface area contributed by atoms with Crippen molar-refractivity contribution in [1.82, 2.24) is 0 Å². The Kier molecular flexibility index (Phi) is 5.15. The van der Waals surface area contributed by atoms with Crippen LogP contribution in [0.3, 0.4) is 0 Å². The number of nitrogens with one attached hydrogen (secondary N) is 1. The lowest BCUT2D eigenvalue weighted by Gasteiger charge is -2.16. The van der Waals surface area contributed by atoms with Crippen LogP contribution in [0.5, 0.6) is 11.5 Å². The predicted molar refractivity (Wildman–Crippen MR) is 109 cm³/mol. The van der Waals surface area contributed by atoms with E-state index >= 15 is 0 Å². The number of thioether (sulfide) groups is 1. The lowest BCUT2D eigenvalue weighted by molar-refractivity contribution is -0.121. The Balaban J connectivity index is 1.46. The maximum absolute atomic E-state index is 12.8. The molecular formula is C19H16ClN3O4S. The van der Waals surface area contributed by atoms with Gasteiger partial charge in [-0.1, -0.05) is 23.4 Å². The molecule has 1 N–H and O–H groups in total. The van der Waals surface area contributed by atoms with E-state index in [4.69, 9.17) is 21.1 Å². The Hall–Kier alpha value is -2.71. The summed E-state index contributed by atoms with van der Waals surface area (Å²) in [6.07, 6.45) is 0.105. The molecule has 2 aromatic carbocycles. The van der Waals surface area contributed by atoms with Crippen LogP contribution in [-0.4, -0.2) is 36.1 Å². The van der Waals surface area contributed by atoms with Crippen LogP contribution in [0.4, 0.5) is 11.4 Å². The number of hydrogen-bond acceptors (Lipinski definition) is 6. The Bertz CT molecular complexity index is 964. The van der Waals surface area contributed by atoms with Gasteiger partial charge in [0, 0.05) is 30.2 Å². The smallest absolute Gasteiger partial charge is 0.247 e. The number of aliphatic imine (C=N–C) groups is 1. The molecule has 2 amide bonds. The molecule has 144 valence electrons. The number of imide groups is 1. The van der Waals surface area contributed by atoms with Crippen molar-refractivity contribution in [2.75, 3.05) is 24.1 Å². The molecule has 4 rings (SSSR count). The molecule has 0 bridgehead atoms. The van der Waals surface area contributed by atoms with E-state index in [0.717, 1.165) is 5.69 Å². The van der Waals surface area contributed by atoms with E-state index in [0.29, 0.717) is 27.4 Å². The summed E-state index contributed by atoms with van der Waals surface area (Å²) >= 11 is 7.11. The number of benzene rings is 2. The maximum Gasteiger partial charge on any atom is 0.247 e. The highest BCUT2D eigenvalue weighted by Crippen LogP contribution is 2.35. The summed E-state index contributed by atoms with van der Waals surface area (Å²) in [6.45, 7) is 0.196. The molecular weight excluding hydrogens is 402 g/mol. The van der Waals surface area contributed by atoms with Gasteiger partial charge in [-0.25, -0.2) is 4.90 Å². The molecule has 0 saturated carbocycles. The number of halogens is 1. The molecule has 0 radical (unpaired) electrons. The van der Waals surface area contributed by atoms with Crippen molar-refractivity contribution >= 4 is 51.7 Å². The Morgan fingerprint density at radius 1 is 1.18 bits per heavy atom. The SMILES string of the molecule is CN=C(Nc1ccc2c(c1)OCO2)SC1CC(=O)N(c2ccc(Cl)cc2)C1=O. The van der Waals surface area contributed by atoms with Gasteiger partial charge in [-0.3, -0.25) is 14.6 Å². The van der Waals surface area contributed by atoms with E-state index < -0.39 is 5.25 Å². The molecule has 1 saturated heterocycles. The monoisotopic (exact) mass is 417 g/mol. The number of hydrogen-bond donors (Lipinski definition) is 1. The van der Waals surface area contributed by atoms with Gasteiger partial charge in [0.1, 0.15) is 5.25 Å². The van der Waals surface area contributed by atoms with Crippen molar-refractivity contribution in [3.8, 4) is 11.5 Å². The first-order chi connectivity index (χ1) is 13.5. The highest BCUT2D eigenvalue weighted by molar-refractivity contribution is 8.15. The van der Waals surface area contributed by atoms with Gasteiger partial charge in [-0.15, -0.1) is 0 Å². The summed E-state index contributed by atoms with van der Waals surface area (Å²) in [5.41, 5.74) is 1.27. The van der Waals surface area contributed by atoms with Gasteiger partial charge in [-0.2, -0.15) is 0 Å². The third kappa shape index (κ3) is 3.65. The third-order valence-electron chi connectivity index (χ3n) is 4.27. The zero-order valence-corrected chi connectivity index (χ0v) is 16.4. The maximum atomic E-state index is 12.8. The normalized spacial score (nSPS) is 18.7. The quantitative estimate of drug-likeness (QED) is 0.467. The van der Waals surface area contributed by atoms with E-state index in [1.807, 2.05) is 6.07 Å².